The summed E-state index contributed by atoms with van der Waals surface area (Å²) < 4.78 is 11.9. The molecule has 0 aliphatic carbocycles. The molecular formula is C33H34ClN3O3. The van der Waals surface area contributed by atoms with Crippen molar-refractivity contribution in [2.24, 2.45) is 0 Å². The van der Waals surface area contributed by atoms with Crippen molar-refractivity contribution in [3.8, 4) is 11.5 Å². The first-order chi connectivity index (χ1) is 19.3. The summed E-state index contributed by atoms with van der Waals surface area (Å²) in [6.45, 7) is 6.74. The van der Waals surface area contributed by atoms with E-state index in [0.717, 1.165) is 87.5 Å². The lowest BCUT2D eigenvalue weighted by Gasteiger charge is -2.32. The number of methoxy groups -OCH3 is 1. The monoisotopic (exact) mass is 555 g/mol. The standard InChI is InChI=1S/C33H34ClN3O3/c1-33(2)15-12-25-31-27(26-19-24(39-3)9-10-29(26)36-31)18-21(32(25)40-33)8-11-30(38)35-23-13-16-37(17-14-23)20-22-6-4-5-7-28(22)34/h4-12,15,18-19,23,36H,13-14,16-17,20H2,1-3H3,(H,35,38)/b11-8+. The van der Waals surface area contributed by atoms with Crippen molar-refractivity contribution >= 4 is 51.5 Å². The number of nitrogens with zero attached hydrogens (tertiary/aromatic N) is 1. The molecule has 0 spiro atoms. The quantitative estimate of drug-likeness (QED) is 0.252. The van der Waals surface area contributed by atoms with Gasteiger partial charge in [0, 0.05) is 64.2 Å². The van der Waals surface area contributed by atoms with Crippen LogP contribution in [0.25, 0.3) is 34.0 Å². The van der Waals surface area contributed by atoms with E-state index in [2.05, 4.69) is 39.5 Å². The number of H-pyrrole nitrogens is 1. The van der Waals surface area contributed by atoms with Gasteiger partial charge in [-0.25, -0.2) is 0 Å². The van der Waals surface area contributed by atoms with Gasteiger partial charge in [-0.3, -0.25) is 9.69 Å². The lowest BCUT2D eigenvalue weighted by molar-refractivity contribution is -0.117. The molecule has 0 atom stereocenters. The number of benzene rings is 3. The molecule has 3 heterocycles. The van der Waals surface area contributed by atoms with E-state index in [0.29, 0.717) is 0 Å². The van der Waals surface area contributed by atoms with E-state index in [1.807, 2.05) is 56.3 Å². The molecule has 0 saturated carbocycles. The highest BCUT2D eigenvalue weighted by Gasteiger charge is 2.27. The van der Waals surface area contributed by atoms with Crippen molar-refractivity contribution < 1.29 is 14.3 Å². The van der Waals surface area contributed by atoms with Gasteiger partial charge in [-0.2, -0.15) is 0 Å². The SMILES string of the molecule is COc1ccc2[nH]c3c4c(c(/C=C/C(=O)NC5CCN(Cc6ccccc6Cl)CC5)cc3c2c1)OC(C)(C)C=C4. The predicted molar refractivity (Wildman–Crippen MR) is 163 cm³/mol. The number of nitrogens with one attached hydrogen (secondary N) is 2. The van der Waals surface area contributed by atoms with Crippen LogP contribution in [0.15, 0.2) is 60.7 Å². The lowest BCUT2D eigenvalue weighted by Crippen LogP contribution is -2.43. The zero-order chi connectivity index (χ0) is 27.9. The molecule has 1 aromatic heterocycles. The summed E-state index contributed by atoms with van der Waals surface area (Å²) in [4.78, 5) is 18.9. The number of likely N-dealkylation sites (tertiary alicyclic amines) is 1. The second-order valence-electron chi connectivity index (χ2n) is 11.2. The molecule has 0 unspecified atom stereocenters. The van der Waals surface area contributed by atoms with Gasteiger partial charge >= 0.3 is 0 Å². The average molecular weight is 556 g/mol. The van der Waals surface area contributed by atoms with Gasteiger partial charge in [-0.05, 0) is 80.8 Å². The first-order valence-corrected chi connectivity index (χ1v) is 14.2. The zero-order valence-corrected chi connectivity index (χ0v) is 23.8. The smallest absolute Gasteiger partial charge is 0.244 e. The number of hydrogen-bond donors (Lipinski definition) is 2. The fraction of sp³-hybridized carbons (Fsp3) is 0.303. The molecule has 6 rings (SSSR count). The van der Waals surface area contributed by atoms with Gasteiger partial charge in [-0.15, -0.1) is 0 Å². The number of fused-ring (bicyclic) bond motifs is 5. The molecule has 0 radical (unpaired) electrons. The van der Waals surface area contributed by atoms with Crippen molar-refractivity contribution in [2.45, 2.75) is 44.9 Å². The van der Waals surface area contributed by atoms with E-state index < -0.39 is 5.60 Å². The molecule has 0 bridgehead atoms. The largest absolute Gasteiger partial charge is 0.497 e. The van der Waals surface area contributed by atoms with Crippen molar-refractivity contribution in [3.63, 3.8) is 0 Å². The van der Waals surface area contributed by atoms with E-state index in [-0.39, 0.29) is 11.9 Å². The first kappa shape index (κ1) is 26.5. The number of rotatable bonds is 6. The van der Waals surface area contributed by atoms with Gasteiger partial charge < -0.3 is 19.8 Å². The number of aromatic amines is 1. The molecule has 1 amide bonds. The van der Waals surface area contributed by atoms with Crippen molar-refractivity contribution in [3.05, 3.63) is 82.4 Å². The number of carbonyl (C=O) groups is 1. The van der Waals surface area contributed by atoms with Crippen LogP contribution < -0.4 is 14.8 Å². The summed E-state index contributed by atoms with van der Waals surface area (Å²) in [6.07, 6.45) is 9.49. The minimum Gasteiger partial charge on any atom is -0.497 e. The van der Waals surface area contributed by atoms with Crippen LogP contribution in [0, 0.1) is 0 Å². The number of carbonyl (C=O) groups excluding carboxylic acids is 1. The van der Waals surface area contributed by atoms with E-state index in [9.17, 15) is 4.79 Å². The Morgan fingerprint density at radius 2 is 1.98 bits per heavy atom. The molecule has 206 valence electrons. The van der Waals surface area contributed by atoms with Gasteiger partial charge in [0.2, 0.25) is 5.91 Å². The Balaban J connectivity index is 1.20. The highest BCUT2D eigenvalue weighted by Crippen LogP contribution is 2.42. The Hall–Kier alpha value is -3.74. The molecule has 7 heteroatoms. The van der Waals surface area contributed by atoms with E-state index in [4.69, 9.17) is 21.1 Å². The molecule has 6 nitrogen and oxygen atoms in total. The minimum atomic E-state index is -0.446. The molecule has 3 aromatic carbocycles. The summed E-state index contributed by atoms with van der Waals surface area (Å²) in [6, 6.07) is 16.2. The zero-order valence-electron chi connectivity index (χ0n) is 23.1. The molecule has 1 fully saturated rings. The molecule has 2 aliphatic rings. The Kier molecular flexibility index (Phi) is 7.07. The Bertz CT molecular complexity index is 1640. The third kappa shape index (κ3) is 5.34. The fourth-order valence-electron chi connectivity index (χ4n) is 5.67. The number of hydrogen-bond acceptors (Lipinski definition) is 4. The second-order valence-corrected chi connectivity index (χ2v) is 11.6. The molecule has 2 aliphatic heterocycles. The van der Waals surface area contributed by atoms with Crippen LogP contribution in [0.4, 0.5) is 0 Å². The lowest BCUT2D eigenvalue weighted by atomic mass is 9.96. The van der Waals surface area contributed by atoms with Crippen LogP contribution >= 0.6 is 11.6 Å². The molecule has 2 N–H and O–H groups in total. The van der Waals surface area contributed by atoms with Crippen molar-refractivity contribution in [2.75, 3.05) is 20.2 Å². The van der Waals surface area contributed by atoms with Crippen LogP contribution in [0.3, 0.4) is 0 Å². The topological polar surface area (TPSA) is 66.6 Å². The molecular weight excluding hydrogens is 522 g/mol. The maximum Gasteiger partial charge on any atom is 0.244 e. The number of piperidine rings is 1. The Morgan fingerprint density at radius 3 is 2.75 bits per heavy atom. The highest BCUT2D eigenvalue weighted by molar-refractivity contribution is 6.31. The second kappa shape index (κ2) is 10.7. The van der Waals surface area contributed by atoms with Crippen LogP contribution in [-0.4, -0.2) is 47.6 Å². The minimum absolute atomic E-state index is 0.0930. The number of halogens is 1. The Morgan fingerprint density at radius 1 is 1.18 bits per heavy atom. The summed E-state index contributed by atoms with van der Waals surface area (Å²) in [5.41, 5.74) is 4.58. The summed E-state index contributed by atoms with van der Waals surface area (Å²) in [5.74, 6) is 1.48. The van der Waals surface area contributed by atoms with E-state index in [1.54, 1.807) is 13.2 Å². The number of aromatic nitrogens is 1. The first-order valence-electron chi connectivity index (χ1n) is 13.8. The Labute approximate surface area is 239 Å². The summed E-state index contributed by atoms with van der Waals surface area (Å²) >= 11 is 6.34. The van der Waals surface area contributed by atoms with E-state index in [1.165, 1.54) is 0 Å². The van der Waals surface area contributed by atoms with Crippen molar-refractivity contribution in [1.82, 2.24) is 15.2 Å². The maximum atomic E-state index is 13.0. The third-order valence-electron chi connectivity index (χ3n) is 7.84. The summed E-state index contributed by atoms with van der Waals surface area (Å²) in [5, 5.41) is 6.14. The van der Waals surface area contributed by atoms with E-state index >= 15 is 0 Å². The van der Waals surface area contributed by atoms with Crippen LogP contribution in [-0.2, 0) is 11.3 Å². The predicted octanol–water partition coefficient (Wildman–Crippen LogP) is 6.96. The van der Waals surface area contributed by atoms with Crippen LogP contribution in [0.2, 0.25) is 5.02 Å². The summed E-state index contributed by atoms with van der Waals surface area (Å²) in [7, 11) is 1.67. The highest BCUT2D eigenvalue weighted by atomic mass is 35.5. The van der Waals surface area contributed by atoms with Gasteiger partial charge in [0.05, 0.1) is 12.6 Å². The van der Waals surface area contributed by atoms with Gasteiger partial charge in [0.15, 0.2) is 0 Å². The van der Waals surface area contributed by atoms with Gasteiger partial charge in [-0.1, -0.05) is 29.8 Å². The van der Waals surface area contributed by atoms with Crippen LogP contribution in [0.1, 0.15) is 43.4 Å². The van der Waals surface area contributed by atoms with Crippen molar-refractivity contribution in [1.29, 1.82) is 0 Å². The maximum absolute atomic E-state index is 13.0. The molecule has 4 aromatic rings. The normalized spacial score (nSPS) is 17.3. The third-order valence-corrected chi connectivity index (χ3v) is 8.21. The molecule has 1 saturated heterocycles. The average Bonchev–Trinajstić information content (AvgIpc) is 3.31. The van der Waals surface area contributed by atoms with Gasteiger partial charge in [0.25, 0.3) is 0 Å². The molecule has 40 heavy (non-hydrogen) atoms. The fourth-order valence-corrected chi connectivity index (χ4v) is 5.86. The van der Waals surface area contributed by atoms with Crippen LogP contribution in [0.5, 0.6) is 11.5 Å². The number of ether oxygens (including phenoxy) is 2. The van der Waals surface area contributed by atoms with Gasteiger partial charge in [0.1, 0.15) is 17.1 Å². The number of amides is 1.